The van der Waals surface area contributed by atoms with Crippen LogP contribution in [-0.2, 0) is 21.2 Å². The van der Waals surface area contributed by atoms with Crippen LogP contribution in [0.25, 0.3) is 10.9 Å². The van der Waals surface area contributed by atoms with Gasteiger partial charge in [-0.1, -0.05) is 52.7 Å². The number of aromatic nitrogens is 2. The first-order valence-electron chi connectivity index (χ1n) is 10.8. The van der Waals surface area contributed by atoms with E-state index in [4.69, 9.17) is 0 Å². The molecule has 32 heavy (non-hydrogen) atoms. The Kier molecular flexibility index (Phi) is 8.39. The second-order valence-electron chi connectivity index (χ2n) is 9.11. The van der Waals surface area contributed by atoms with E-state index < -0.39 is 38.9 Å². The molecule has 0 radical (unpaired) electrons. The van der Waals surface area contributed by atoms with Crippen molar-refractivity contribution in [2.45, 2.75) is 59.5 Å². The van der Waals surface area contributed by atoms with Crippen molar-refractivity contribution in [3.05, 3.63) is 29.7 Å². The number of nitrogens with zero attached hydrogens (tertiary/aromatic N) is 2. The number of carbonyl (C=O) groups is 2. The zero-order valence-electron chi connectivity index (χ0n) is 19.4. The smallest absolute Gasteiger partial charge is 0.273 e. The number of para-hydroxylation sites is 1. The predicted molar refractivity (Wildman–Crippen MR) is 123 cm³/mol. The Morgan fingerprint density at radius 1 is 1.22 bits per heavy atom. The molecule has 178 valence electrons. The van der Waals surface area contributed by atoms with Gasteiger partial charge in [0.2, 0.25) is 5.91 Å². The molecule has 1 aromatic carbocycles. The lowest BCUT2D eigenvalue weighted by Gasteiger charge is -2.30. The SMILES string of the molecule is CCCCCn1nc(C(=O)NC(C(=O)NCCS(C)(=O)=O)C(C)(C)C)c2cccc(F)c21. The summed E-state index contributed by atoms with van der Waals surface area (Å²) in [5.41, 5.74) is -0.344. The number of benzene rings is 1. The Morgan fingerprint density at radius 2 is 1.91 bits per heavy atom. The minimum atomic E-state index is -3.23. The summed E-state index contributed by atoms with van der Waals surface area (Å²) in [7, 11) is -3.23. The van der Waals surface area contributed by atoms with Gasteiger partial charge in [0, 0.05) is 24.7 Å². The number of rotatable bonds is 10. The van der Waals surface area contributed by atoms with Crippen LogP contribution in [0.3, 0.4) is 0 Å². The number of hydrogen-bond acceptors (Lipinski definition) is 5. The van der Waals surface area contributed by atoms with Crippen LogP contribution in [0.5, 0.6) is 0 Å². The molecule has 1 heterocycles. The van der Waals surface area contributed by atoms with Gasteiger partial charge in [0.25, 0.3) is 5.91 Å². The van der Waals surface area contributed by atoms with E-state index in [9.17, 15) is 22.4 Å². The van der Waals surface area contributed by atoms with Crippen molar-refractivity contribution < 1.29 is 22.4 Å². The predicted octanol–water partition coefficient (Wildman–Crippen LogP) is 2.67. The molecule has 2 N–H and O–H groups in total. The number of fused-ring (bicyclic) bond motifs is 1. The van der Waals surface area contributed by atoms with E-state index in [-0.39, 0.29) is 23.5 Å². The van der Waals surface area contributed by atoms with Gasteiger partial charge in [0.1, 0.15) is 27.2 Å². The molecular formula is C22H33FN4O4S. The zero-order chi connectivity index (χ0) is 24.1. The van der Waals surface area contributed by atoms with Crippen LogP contribution >= 0.6 is 0 Å². The van der Waals surface area contributed by atoms with Crippen LogP contribution in [-0.4, -0.2) is 54.6 Å². The molecule has 2 aromatic rings. The zero-order valence-corrected chi connectivity index (χ0v) is 20.2. The number of halogens is 1. The molecule has 0 bridgehead atoms. The Bertz CT molecular complexity index is 1070. The first-order chi connectivity index (χ1) is 14.8. The van der Waals surface area contributed by atoms with Gasteiger partial charge in [0.15, 0.2) is 5.69 Å². The van der Waals surface area contributed by atoms with Crippen LogP contribution in [0.2, 0.25) is 0 Å². The monoisotopic (exact) mass is 468 g/mol. The van der Waals surface area contributed by atoms with Crippen LogP contribution in [0.4, 0.5) is 4.39 Å². The molecule has 0 spiro atoms. The molecule has 0 saturated heterocycles. The van der Waals surface area contributed by atoms with E-state index in [1.807, 2.05) is 0 Å². The highest BCUT2D eigenvalue weighted by Crippen LogP contribution is 2.24. The molecule has 0 fully saturated rings. The summed E-state index contributed by atoms with van der Waals surface area (Å²) in [6.07, 6.45) is 3.84. The van der Waals surface area contributed by atoms with Crippen LogP contribution in [0.15, 0.2) is 18.2 Å². The minimum Gasteiger partial charge on any atom is -0.353 e. The molecule has 8 nitrogen and oxygen atoms in total. The molecule has 0 aliphatic carbocycles. The first kappa shape index (κ1) is 25.8. The van der Waals surface area contributed by atoms with E-state index in [0.717, 1.165) is 25.5 Å². The van der Waals surface area contributed by atoms with E-state index in [0.29, 0.717) is 11.9 Å². The fourth-order valence-electron chi connectivity index (χ4n) is 3.37. The number of nitrogens with one attached hydrogen (secondary N) is 2. The lowest BCUT2D eigenvalue weighted by atomic mass is 9.86. The maximum absolute atomic E-state index is 14.5. The summed E-state index contributed by atoms with van der Waals surface area (Å²) in [4.78, 5) is 25.9. The third-order valence-corrected chi connectivity index (χ3v) is 6.03. The standard InChI is InChI=1S/C22H33FN4O4S/c1-6-7-8-13-27-18-15(10-9-11-16(18)23)17(26-27)20(28)25-19(22(2,3)4)21(29)24-12-14-32(5,30)31/h9-11,19H,6-8,12-14H2,1-5H3,(H,24,29)(H,25,28). The quantitative estimate of drug-likeness (QED) is 0.521. The molecule has 10 heteroatoms. The first-order valence-corrected chi connectivity index (χ1v) is 12.8. The Morgan fingerprint density at radius 3 is 2.50 bits per heavy atom. The molecule has 1 atom stereocenters. The second-order valence-corrected chi connectivity index (χ2v) is 11.4. The number of hydrogen-bond donors (Lipinski definition) is 2. The normalized spacial score (nSPS) is 13.2. The molecular weight excluding hydrogens is 435 g/mol. The maximum Gasteiger partial charge on any atom is 0.273 e. The minimum absolute atomic E-state index is 0.0502. The van der Waals surface area contributed by atoms with Crippen molar-refractivity contribution in [2.75, 3.05) is 18.6 Å². The van der Waals surface area contributed by atoms with Gasteiger partial charge in [0.05, 0.1) is 5.75 Å². The lowest BCUT2D eigenvalue weighted by molar-refractivity contribution is -0.125. The van der Waals surface area contributed by atoms with Crippen molar-refractivity contribution in [2.24, 2.45) is 5.41 Å². The van der Waals surface area contributed by atoms with Gasteiger partial charge in [-0.05, 0) is 17.9 Å². The third kappa shape index (κ3) is 6.75. The molecule has 2 rings (SSSR count). The van der Waals surface area contributed by atoms with Gasteiger partial charge in [-0.3, -0.25) is 14.3 Å². The van der Waals surface area contributed by atoms with Crippen LogP contribution in [0, 0.1) is 11.2 Å². The van der Waals surface area contributed by atoms with Crippen molar-refractivity contribution in [3.63, 3.8) is 0 Å². The Hall–Kier alpha value is -2.49. The average Bonchev–Trinajstić information content (AvgIpc) is 3.04. The van der Waals surface area contributed by atoms with Gasteiger partial charge < -0.3 is 10.6 Å². The van der Waals surface area contributed by atoms with Crippen molar-refractivity contribution in [3.8, 4) is 0 Å². The average molecular weight is 469 g/mol. The molecule has 0 saturated carbocycles. The fourth-order valence-corrected chi connectivity index (χ4v) is 3.84. The highest BCUT2D eigenvalue weighted by Gasteiger charge is 2.34. The summed E-state index contributed by atoms with van der Waals surface area (Å²) >= 11 is 0. The molecule has 0 aliphatic heterocycles. The van der Waals surface area contributed by atoms with Crippen molar-refractivity contribution >= 4 is 32.6 Å². The highest BCUT2D eigenvalue weighted by molar-refractivity contribution is 7.90. The fraction of sp³-hybridized carbons (Fsp3) is 0.591. The van der Waals surface area contributed by atoms with Crippen LogP contribution < -0.4 is 10.6 Å². The maximum atomic E-state index is 14.5. The lowest BCUT2D eigenvalue weighted by Crippen LogP contribution is -2.54. The summed E-state index contributed by atoms with van der Waals surface area (Å²) in [5, 5.41) is 10.0. The molecule has 1 unspecified atom stereocenters. The Labute approximate surface area is 188 Å². The van der Waals surface area contributed by atoms with Gasteiger partial charge in [-0.2, -0.15) is 5.10 Å². The van der Waals surface area contributed by atoms with Crippen LogP contribution in [0.1, 0.15) is 57.4 Å². The van der Waals surface area contributed by atoms with Crippen molar-refractivity contribution in [1.29, 1.82) is 0 Å². The second kappa shape index (κ2) is 10.4. The molecule has 1 aromatic heterocycles. The number of carbonyl (C=O) groups excluding carboxylic acids is 2. The number of aryl methyl sites for hydroxylation is 1. The number of unbranched alkanes of at least 4 members (excludes halogenated alkanes) is 2. The van der Waals surface area contributed by atoms with E-state index in [1.165, 1.54) is 16.8 Å². The Balaban J connectivity index is 2.29. The summed E-state index contributed by atoms with van der Waals surface area (Å²) in [6.45, 7) is 7.85. The van der Waals surface area contributed by atoms with Gasteiger partial charge in [-0.25, -0.2) is 12.8 Å². The van der Waals surface area contributed by atoms with E-state index in [1.54, 1.807) is 26.8 Å². The number of amides is 2. The van der Waals surface area contributed by atoms with Gasteiger partial charge in [-0.15, -0.1) is 0 Å². The van der Waals surface area contributed by atoms with Crippen molar-refractivity contribution in [1.82, 2.24) is 20.4 Å². The summed E-state index contributed by atoms with van der Waals surface area (Å²) in [6, 6.07) is 3.54. The van der Waals surface area contributed by atoms with Gasteiger partial charge >= 0.3 is 0 Å². The highest BCUT2D eigenvalue weighted by atomic mass is 32.2. The van der Waals surface area contributed by atoms with E-state index in [2.05, 4.69) is 22.7 Å². The third-order valence-electron chi connectivity index (χ3n) is 5.09. The largest absolute Gasteiger partial charge is 0.353 e. The molecule has 0 aliphatic rings. The number of sulfone groups is 1. The summed E-state index contributed by atoms with van der Waals surface area (Å²) < 4.78 is 38.7. The summed E-state index contributed by atoms with van der Waals surface area (Å²) in [5.74, 6) is -1.74. The topological polar surface area (TPSA) is 110 Å². The molecule has 2 amide bonds. The van der Waals surface area contributed by atoms with E-state index >= 15 is 0 Å².